The second-order valence-electron chi connectivity index (χ2n) is 3.33. The van der Waals surface area contributed by atoms with Gasteiger partial charge in [-0.25, -0.2) is 0 Å². The van der Waals surface area contributed by atoms with E-state index in [9.17, 15) is 0 Å². The van der Waals surface area contributed by atoms with Crippen LogP contribution < -0.4 is 0 Å². The molecule has 2 heteroatoms. The van der Waals surface area contributed by atoms with Crippen LogP contribution in [0.15, 0.2) is 24.4 Å². The maximum absolute atomic E-state index is 2.37. The first-order chi connectivity index (χ1) is 5.93. The lowest BCUT2D eigenvalue weighted by Gasteiger charge is -2.19. The molecule has 1 aliphatic rings. The quantitative estimate of drug-likeness (QED) is 0.553. The summed E-state index contributed by atoms with van der Waals surface area (Å²) in [5.74, 6) is 0. The van der Waals surface area contributed by atoms with Gasteiger partial charge in [0.15, 0.2) is 0 Å². The van der Waals surface area contributed by atoms with E-state index in [1.165, 1.54) is 32.2 Å². The van der Waals surface area contributed by atoms with Crippen molar-refractivity contribution >= 4 is 24.0 Å². The first-order valence-electron chi connectivity index (χ1n) is 5.01. The zero-order valence-corrected chi connectivity index (χ0v) is 10.7. The molecule has 76 valence electrons. The Balaban J connectivity index is 0.00000144. The monoisotopic (exact) mass is 293 g/mol. The highest BCUT2D eigenvalue weighted by Gasteiger charge is 1.97. The van der Waals surface area contributed by atoms with Crippen LogP contribution in [-0.4, -0.2) is 18.0 Å². The lowest BCUT2D eigenvalue weighted by molar-refractivity contribution is 0.394. The summed E-state index contributed by atoms with van der Waals surface area (Å²) in [5.41, 5.74) is 0. The Morgan fingerprint density at radius 2 is 2.00 bits per heavy atom. The van der Waals surface area contributed by atoms with Crippen LogP contribution in [0.25, 0.3) is 0 Å². The Morgan fingerprint density at radius 1 is 1.15 bits per heavy atom. The molecule has 0 radical (unpaired) electrons. The topological polar surface area (TPSA) is 3.24 Å². The minimum Gasteiger partial charge on any atom is -0.374 e. The molecule has 0 amide bonds. The maximum Gasteiger partial charge on any atom is 0.0357 e. The van der Waals surface area contributed by atoms with E-state index in [4.69, 9.17) is 0 Å². The SMILES string of the molecule is CCCCCCN1C=CC=CC1.I. The fourth-order valence-corrected chi connectivity index (χ4v) is 1.41. The average molecular weight is 293 g/mol. The molecule has 1 aliphatic heterocycles. The Bertz CT molecular complexity index is 163. The van der Waals surface area contributed by atoms with Crippen molar-refractivity contribution in [3.8, 4) is 0 Å². The highest BCUT2D eigenvalue weighted by molar-refractivity contribution is 14.0. The minimum absolute atomic E-state index is 0. The van der Waals surface area contributed by atoms with E-state index >= 15 is 0 Å². The fourth-order valence-electron chi connectivity index (χ4n) is 1.41. The van der Waals surface area contributed by atoms with E-state index in [0.29, 0.717) is 0 Å². The molecule has 0 bridgehead atoms. The molecule has 1 nitrogen and oxygen atoms in total. The highest BCUT2D eigenvalue weighted by atomic mass is 127. The van der Waals surface area contributed by atoms with Crippen molar-refractivity contribution in [3.63, 3.8) is 0 Å². The molecular weight excluding hydrogens is 273 g/mol. The predicted molar refractivity (Wildman–Crippen MR) is 69.4 cm³/mol. The number of unbranched alkanes of at least 4 members (excludes halogenated alkanes) is 3. The second kappa shape index (κ2) is 8.60. The Kier molecular flexibility index (Phi) is 8.61. The van der Waals surface area contributed by atoms with Crippen LogP contribution in [-0.2, 0) is 0 Å². The van der Waals surface area contributed by atoms with Crippen molar-refractivity contribution in [1.29, 1.82) is 0 Å². The van der Waals surface area contributed by atoms with Gasteiger partial charge in [-0.2, -0.15) is 0 Å². The Labute approximate surface area is 98.9 Å². The molecule has 0 atom stereocenters. The molecule has 0 saturated carbocycles. The molecule has 0 unspecified atom stereocenters. The standard InChI is InChI=1S/C11H19N.HI/c1-2-3-4-6-9-12-10-7-5-8-11-12;/h5,7-8,10H,2-4,6,9,11H2,1H3;1H. The summed E-state index contributed by atoms with van der Waals surface area (Å²) >= 11 is 0. The van der Waals surface area contributed by atoms with Crippen molar-refractivity contribution in [2.24, 2.45) is 0 Å². The number of hydrogen-bond acceptors (Lipinski definition) is 1. The van der Waals surface area contributed by atoms with Gasteiger partial charge in [-0.05, 0) is 18.7 Å². The lowest BCUT2D eigenvalue weighted by atomic mass is 10.2. The largest absolute Gasteiger partial charge is 0.374 e. The van der Waals surface area contributed by atoms with Gasteiger partial charge in [0.05, 0.1) is 0 Å². The third-order valence-corrected chi connectivity index (χ3v) is 2.18. The molecule has 1 rings (SSSR count). The van der Waals surface area contributed by atoms with Gasteiger partial charge in [-0.15, -0.1) is 24.0 Å². The van der Waals surface area contributed by atoms with E-state index in [-0.39, 0.29) is 24.0 Å². The van der Waals surface area contributed by atoms with Crippen LogP contribution in [0.5, 0.6) is 0 Å². The Hall–Kier alpha value is 0.01000. The van der Waals surface area contributed by atoms with Gasteiger partial charge in [0.1, 0.15) is 0 Å². The molecule has 1 heterocycles. The van der Waals surface area contributed by atoms with Crippen molar-refractivity contribution in [3.05, 3.63) is 24.4 Å². The molecule has 0 aromatic rings. The zero-order valence-electron chi connectivity index (χ0n) is 8.41. The molecule has 0 fully saturated rings. The third kappa shape index (κ3) is 6.13. The summed E-state index contributed by atoms with van der Waals surface area (Å²) in [7, 11) is 0. The molecule has 13 heavy (non-hydrogen) atoms. The van der Waals surface area contributed by atoms with Crippen molar-refractivity contribution in [1.82, 2.24) is 4.90 Å². The number of rotatable bonds is 5. The summed E-state index contributed by atoms with van der Waals surface area (Å²) in [6.45, 7) is 4.58. The van der Waals surface area contributed by atoms with Gasteiger partial charge in [0.2, 0.25) is 0 Å². The van der Waals surface area contributed by atoms with Gasteiger partial charge >= 0.3 is 0 Å². The molecule has 0 spiro atoms. The third-order valence-electron chi connectivity index (χ3n) is 2.18. The molecule has 0 aromatic carbocycles. The summed E-state index contributed by atoms with van der Waals surface area (Å²) in [5, 5.41) is 0. The van der Waals surface area contributed by atoms with Crippen LogP contribution in [0.2, 0.25) is 0 Å². The van der Waals surface area contributed by atoms with Gasteiger partial charge in [-0.1, -0.05) is 38.3 Å². The van der Waals surface area contributed by atoms with Gasteiger partial charge in [-0.3, -0.25) is 0 Å². The van der Waals surface area contributed by atoms with Gasteiger partial charge in [0, 0.05) is 13.1 Å². The summed E-state index contributed by atoms with van der Waals surface area (Å²) in [6.07, 6.45) is 14.1. The van der Waals surface area contributed by atoms with Crippen LogP contribution in [0, 0.1) is 0 Å². The van der Waals surface area contributed by atoms with Crippen LogP contribution in [0.4, 0.5) is 0 Å². The van der Waals surface area contributed by atoms with Crippen molar-refractivity contribution < 1.29 is 0 Å². The average Bonchev–Trinajstić information content (AvgIpc) is 2.14. The summed E-state index contributed by atoms with van der Waals surface area (Å²) in [4.78, 5) is 2.37. The first-order valence-corrected chi connectivity index (χ1v) is 5.01. The molecular formula is C11H20IN. The van der Waals surface area contributed by atoms with E-state index in [2.05, 4.69) is 36.3 Å². The van der Waals surface area contributed by atoms with Crippen LogP contribution in [0.3, 0.4) is 0 Å². The molecule has 0 N–H and O–H groups in total. The predicted octanol–water partition coefficient (Wildman–Crippen LogP) is 3.57. The molecule has 0 aromatic heterocycles. The van der Waals surface area contributed by atoms with E-state index in [1.54, 1.807) is 0 Å². The lowest BCUT2D eigenvalue weighted by Crippen LogP contribution is -2.19. The van der Waals surface area contributed by atoms with Crippen LogP contribution in [0.1, 0.15) is 32.6 Å². The van der Waals surface area contributed by atoms with Crippen molar-refractivity contribution in [2.75, 3.05) is 13.1 Å². The number of hydrogen-bond donors (Lipinski definition) is 0. The zero-order chi connectivity index (χ0) is 8.65. The van der Waals surface area contributed by atoms with E-state index in [1.807, 2.05) is 0 Å². The number of nitrogens with zero attached hydrogens (tertiary/aromatic N) is 1. The molecule has 0 saturated heterocycles. The normalized spacial score (nSPS) is 14.4. The fraction of sp³-hybridized carbons (Fsp3) is 0.636. The van der Waals surface area contributed by atoms with Crippen LogP contribution >= 0.6 is 24.0 Å². The van der Waals surface area contributed by atoms with Crippen molar-refractivity contribution in [2.45, 2.75) is 32.6 Å². The van der Waals surface area contributed by atoms with Gasteiger partial charge in [0.25, 0.3) is 0 Å². The highest BCUT2D eigenvalue weighted by Crippen LogP contribution is 2.04. The van der Waals surface area contributed by atoms with E-state index in [0.717, 1.165) is 6.54 Å². The van der Waals surface area contributed by atoms with Gasteiger partial charge < -0.3 is 4.90 Å². The number of halogens is 1. The molecule has 0 aliphatic carbocycles. The van der Waals surface area contributed by atoms with E-state index < -0.39 is 0 Å². The summed E-state index contributed by atoms with van der Waals surface area (Å²) in [6, 6.07) is 0. The Morgan fingerprint density at radius 3 is 2.62 bits per heavy atom. The first kappa shape index (κ1) is 13.0. The minimum atomic E-state index is 0. The smallest absolute Gasteiger partial charge is 0.0357 e. The summed E-state index contributed by atoms with van der Waals surface area (Å²) < 4.78 is 0. The maximum atomic E-state index is 2.37. The number of allylic oxidation sites excluding steroid dienone is 2. The second-order valence-corrected chi connectivity index (χ2v) is 3.33.